The first-order valence-electron chi connectivity index (χ1n) is 10.1. The molecule has 2 aliphatic heterocycles. The molecule has 1 aromatic carbocycles. The van der Waals surface area contributed by atoms with Crippen molar-refractivity contribution < 1.29 is 19.0 Å². The Morgan fingerprint density at radius 2 is 1.97 bits per heavy atom. The third-order valence-corrected chi connectivity index (χ3v) is 5.38. The number of likely N-dealkylation sites (N-methyl/N-ethyl adjacent to an activating group) is 1. The summed E-state index contributed by atoms with van der Waals surface area (Å²) in [5.74, 6) is 0.953. The van der Waals surface area contributed by atoms with Gasteiger partial charge in [-0.1, -0.05) is 0 Å². The molecule has 0 saturated carbocycles. The monoisotopic (exact) mass is 400 g/mol. The number of nitrogens with zero attached hydrogens (tertiary/aromatic N) is 3. The molecule has 0 amide bonds. The van der Waals surface area contributed by atoms with Gasteiger partial charge >= 0.3 is 5.97 Å². The third kappa shape index (κ3) is 4.23. The largest absolute Gasteiger partial charge is 0.462 e. The fourth-order valence-electron chi connectivity index (χ4n) is 3.81. The number of esters is 1. The molecular weight excluding hydrogens is 372 g/mol. The van der Waals surface area contributed by atoms with Crippen molar-refractivity contribution in [3.05, 3.63) is 23.9 Å². The highest BCUT2D eigenvalue weighted by Crippen LogP contribution is 2.39. The number of hydrogen-bond donors (Lipinski definition) is 1. The van der Waals surface area contributed by atoms with E-state index >= 15 is 0 Å². The van der Waals surface area contributed by atoms with Gasteiger partial charge in [0.15, 0.2) is 11.5 Å². The zero-order valence-electron chi connectivity index (χ0n) is 17.2. The van der Waals surface area contributed by atoms with E-state index in [1.54, 1.807) is 13.1 Å². The second-order valence-electron chi connectivity index (χ2n) is 7.64. The smallest absolute Gasteiger partial charge is 0.341 e. The van der Waals surface area contributed by atoms with Gasteiger partial charge in [-0.3, -0.25) is 9.88 Å². The van der Waals surface area contributed by atoms with Crippen molar-refractivity contribution in [3.8, 4) is 11.5 Å². The Morgan fingerprint density at radius 1 is 1.24 bits per heavy atom. The highest BCUT2D eigenvalue weighted by Gasteiger charge is 2.23. The molecule has 2 aliphatic rings. The lowest BCUT2D eigenvalue weighted by atomic mass is 10.1. The minimum absolute atomic E-state index is 0.141. The lowest BCUT2D eigenvalue weighted by molar-refractivity contribution is 0.0527. The van der Waals surface area contributed by atoms with E-state index in [9.17, 15) is 4.79 Å². The lowest BCUT2D eigenvalue weighted by Gasteiger charge is -2.34. The number of hydrogen-bond acceptors (Lipinski definition) is 8. The summed E-state index contributed by atoms with van der Waals surface area (Å²) in [5.41, 5.74) is 1.91. The van der Waals surface area contributed by atoms with Gasteiger partial charge in [-0.05, 0) is 27.0 Å². The number of piperazine rings is 1. The summed E-state index contributed by atoms with van der Waals surface area (Å²) in [6.07, 6.45) is 1.58. The number of carbonyl (C=O) groups excluding carboxylic acids is 1. The zero-order chi connectivity index (χ0) is 20.4. The standard InChI is InChI=1S/C21H28N4O4/c1-4-27-21(26)16-11-22-17-10-19-18(28-13-29-19)9-15(17)20(16)23-14(2)12-25-7-5-24(3)6-8-25/h9-11,14H,4-8,12-13H2,1-3H3,(H,22,23). The number of aromatic nitrogens is 1. The molecule has 1 N–H and O–H groups in total. The quantitative estimate of drug-likeness (QED) is 0.740. The van der Waals surface area contributed by atoms with E-state index in [0.29, 0.717) is 23.7 Å². The van der Waals surface area contributed by atoms with Crippen LogP contribution in [-0.4, -0.2) is 80.0 Å². The Balaban J connectivity index is 1.64. The van der Waals surface area contributed by atoms with Gasteiger partial charge in [-0.2, -0.15) is 0 Å². The fraction of sp³-hybridized carbons (Fsp3) is 0.524. The Labute approximate surface area is 170 Å². The van der Waals surface area contributed by atoms with Crippen LogP contribution in [0, 0.1) is 0 Å². The van der Waals surface area contributed by atoms with Crippen molar-refractivity contribution in [1.82, 2.24) is 14.8 Å². The zero-order valence-corrected chi connectivity index (χ0v) is 17.2. The van der Waals surface area contributed by atoms with Crippen LogP contribution >= 0.6 is 0 Å². The van der Waals surface area contributed by atoms with Crippen molar-refractivity contribution in [1.29, 1.82) is 0 Å². The minimum Gasteiger partial charge on any atom is -0.462 e. The number of pyridine rings is 1. The molecule has 4 rings (SSSR count). The molecule has 156 valence electrons. The van der Waals surface area contributed by atoms with Gasteiger partial charge in [0.25, 0.3) is 0 Å². The first-order chi connectivity index (χ1) is 14.0. The van der Waals surface area contributed by atoms with Crippen molar-refractivity contribution in [3.63, 3.8) is 0 Å². The number of benzene rings is 1. The van der Waals surface area contributed by atoms with E-state index in [0.717, 1.165) is 49.3 Å². The van der Waals surface area contributed by atoms with Crippen LogP contribution in [0.2, 0.25) is 0 Å². The summed E-state index contributed by atoms with van der Waals surface area (Å²) in [7, 11) is 2.15. The molecule has 1 saturated heterocycles. The van der Waals surface area contributed by atoms with E-state index < -0.39 is 0 Å². The molecule has 1 fully saturated rings. The molecule has 29 heavy (non-hydrogen) atoms. The maximum absolute atomic E-state index is 12.6. The molecule has 1 unspecified atom stereocenters. The van der Waals surface area contributed by atoms with Crippen LogP contribution < -0.4 is 14.8 Å². The van der Waals surface area contributed by atoms with Gasteiger partial charge in [-0.25, -0.2) is 4.79 Å². The van der Waals surface area contributed by atoms with Crippen LogP contribution in [0.4, 0.5) is 5.69 Å². The summed E-state index contributed by atoms with van der Waals surface area (Å²) < 4.78 is 16.3. The van der Waals surface area contributed by atoms with Crippen LogP contribution in [0.25, 0.3) is 10.9 Å². The second-order valence-corrected chi connectivity index (χ2v) is 7.64. The summed E-state index contributed by atoms with van der Waals surface area (Å²) in [4.78, 5) is 21.8. The molecule has 2 aromatic rings. The maximum Gasteiger partial charge on any atom is 0.341 e. The predicted octanol–water partition coefficient (Wildman–Crippen LogP) is 2.19. The predicted molar refractivity (Wildman–Crippen MR) is 111 cm³/mol. The number of nitrogens with one attached hydrogen (secondary N) is 1. The Hall–Kier alpha value is -2.58. The van der Waals surface area contributed by atoms with Gasteiger partial charge in [-0.15, -0.1) is 0 Å². The number of anilines is 1. The first kappa shape index (κ1) is 19.7. The van der Waals surface area contributed by atoms with E-state index in [4.69, 9.17) is 14.2 Å². The molecule has 0 spiro atoms. The van der Waals surface area contributed by atoms with Crippen LogP contribution in [0.15, 0.2) is 18.3 Å². The van der Waals surface area contributed by atoms with Gasteiger partial charge < -0.3 is 24.4 Å². The average Bonchev–Trinajstić information content (AvgIpc) is 3.16. The first-order valence-corrected chi connectivity index (χ1v) is 10.1. The second kappa shape index (κ2) is 8.42. The number of carbonyl (C=O) groups is 1. The Morgan fingerprint density at radius 3 is 2.69 bits per heavy atom. The summed E-state index contributed by atoms with van der Waals surface area (Å²) in [6, 6.07) is 3.88. The van der Waals surface area contributed by atoms with Gasteiger partial charge in [0.1, 0.15) is 5.56 Å². The molecule has 0 radical (unpaired) electrons. The number of ether oxygens (including phenoxy) is 3. The van der Waals surface area contributed by atoms with E-state index in [-0.39, 0.29) is 18.8 Å². The molecule has 0 bridgehead atoms. The maximum atomic E-state index is 12.6. The molecule has 0 aliphatic carbocycles. The topological polar surface area (TPSA) is 76.2 Å². The fourth-order valence-corrected chi connectivity index (χ4v) is 3.81. The molecule has 8 nitrogen and oxygen atoms in total. The van der Waals surface area contributed by atoms with Gasteiger partial charge in [0, 0.05) is 56.4 Å². The molecule has 1 atom stereocenters. The third-order valence-electron chi connectivity index (χ3n) is 5.38. The average molecular weight is 400 g/mol. The van der Waals surface area contributed by atoms with Gasteiger partial charge in [0.2, 0.25) is 6.79 Å². The van der Waals surface area contributed by atoms with Crippen molar-refractivity contribution in [2.45, 2.75) is 19.9 Å². The molecule has 3 heterocycles. The molecular formula is C21H28N4O4. The Kier molecular flexibility index (Phi) is 5.73. The number of fused-ring (bicyclic) bond motifs is 2. The van der Waals surface area contributed by atoms with Crippen molar-refractivity contribution in [2.24, 2.45) is 0 Å². The van der Waals surface area contributed by atoms with E-state index in [1.165, 1.54) is 0 Å². The summed E-state index contributed by atoms with van der Waals surface area (Å²) in [5, 5.41) is 4.37. The lowest BCUT2D eigenvalue weighted by Crippen LogP contribution is -2.47. The van der Waals surface area contributed by atoms with Crippen LogP contribution in [-0.2, 0) is 4.74 Å². The highest BCUT2D eigenvalue weighted by molar-refractivity contribution is 6.05. The normalized spacial score (nSPS) is 18.0. The van der Waals surface area contributed by atoms with Gasteiger partial charge in [0.05, 0.1) is 17.8 Å². The highest BCUT2D eigenvalue weighted by atomic mass is 16.7. The SMILES string of the molecule is CCOC(=O)c1cnc2cc3c(cc2c1NC(C)CN1CCN(C)CC1)OCO3. The Bertz CT molecular complexity index is 896. The van der Waals surface area contributed by atoms with Crippen molar-refractivity contribution in [2.75, 3.05) is 58.5 Å². The minimum atomic E-state index is -0.381. The van der Waals surface area contributed by atoms with Crippen molar-refractivity contribution >= 4 is 22.6 Å². The number of rotatable bonds is 6. The van der Waals surface area contributed by atoms with E-state index in [1.807, 2.05) is 12.1 Å². The van der Waals surface area contributed by atoms with Crippen LogP contribution in [0.3, 0.4) is 0 Å². The summed E-state index contributed by atoms with van der Waals surface area (Å²) in [6.45, 7) is 9.56. The molecule has 8 heteroatoms. The van der Waals surface area contributed by atoms with E-state index in [2.05, 4.69) is 34.1 Å². The molecule has 1 aromatic heterocycles. The summed E-state index contributed by atoms with van der Waals surface area (Å²) >= 11 is 0. The van der Waals surface area contributed by atoms with Crippen LogP contribution in [0.1, 0.15) is 24.2 Å². The van der Waals surface area contributed by atoms with Crippen LogP contribution in [0.5, 0.6) is 11.5 Å².